The third-order valence-electron chi connectivity index (χ3n) is 6.34. The van der Waals surface area contributed by atoms with Gasteiger partial charge in [0, 0.05) is 31.2 Å². The molecule has 0 aliphatic carbocycles. The number of sulfonamides is 1. The Morgan fingerprint density at radius 2 is 1.47 bits per heavy atom. The van der Waals surface area contributed by atoms with Crippen LogP contribution in [0.2, 0.25) is 5.02 Å². The molecule has 9 heteroatoms. The molecule has 3 aromatic rings. The van der Waals surface area contributed by atoms with Gasteiger partial charge in [-0.05, 0) is 36.2 Å². The highest BCUT2D eigenvalue weighted by atomic mass is 35.5. The summed E-state index contributed by atoms with van der Waals surface area (Å²) in [5.74, 6) is -0.108. The smallest absolute Gasteiger partial charge is 0.245 e. The first-order valence-electron chi connectivity index (χ1n) is 11.8. The van der Waals surface area contributed by atoms with Crippen molar-refractivity contribution in [2.24, 2.45) is 0 Å². The summed E-state index contributed by atoms with van der Waals surface area (Å²) in [6.45, 7) is 3.90. The van der Waals surface area contributed by atoms with Gasteiger partial charge in [0.25, 0.3) is 0 Å². The van der Waals surface area contributed by atoms with E-state index in [1.54, 1.807) is 17.9 Å². The maximum atomic E-state index is 13.2. The molecular weight excluding hydrogens is 498 g/mol. The van der Waals surface area contributed by atoms with Crippen LogP contribution in [-0.2, 0) is 14.8 Å². The predicted molar refractivity (Wildman–Crippen MR) is 141 cm³/mol. The number of nitrogens with zero attached hydrogens (tertiary/aromatic N) is 2. The molecule has 1 saturated heterocycles. The molecule has 0 spiro atoms. The Bertz CT molecular complexity index is 1240. The lowest BCUT2D eigenvalue weighted by Gasteiger charge is -2.40. The first kappa shape index (κ1) is 26.2. The van der Waals surface area contributed by atoms with Gasteiger partial charge in [-0.2, -0.15) is 4.72 Å². The van der Waals surface area contributed by atoms with E-state index in [2.05, 4.69) is 33.9 Å². The van der Waals surface area contributed by atoms with E-state index in [0.29, 0.717) is 26.2 Å². The lowest BCUT2D eigenvalue weighted by molar-refractivity contribution is -0.134. The number of carbonyl (C=O) groups excluding carboxylic acids is 1. The molecule has 7 nitrogen and oxygen atoms in total. The van der Waals surface area contributed by atoms with E-state index in [-0.39, 0.29) is 27.6 Å². The highest BCUT2D eigenvalue weighted by molar-refractivity contribution is 7.89. The fourth-order valence-corrected chi connectivity index (χ4v) is 6.19. The summed E-state index contributed by atoms with van der Waals surface area (Å²) < 4.78 is 33.6. The van der Waals surface area contributed by atoms with Crippen LogP contribution in [0.3, 0.4) is 0 Å². The Labute approximate surface area is 217 Å². The minimum absolute atomic E-state index is 0.0795. The van der Waals surface area contributed by atoms with Crippen molar-refractivity contribution in [3.8, 4) is 5.75 Å². The first-order valence-corrected chi connectivity index (χ1v) is 13.6. The molecule has 1 aliphatic rings. The Balaban J connectivity index is 1.44. The Morgan fingerprint density at radius 3 is 2.00 bits per heavy atom. The van der Waals surface area contributed by atoms with Crippen LogP contribution in [0.25, 0.3) is 0 Å². The van der Waals surface area contributed by atoms with E-state index in [0.717, 1.165) is 0 Å². The van der Waals surface area contributed by atoms with Crippen molar-refractivity contribution >= 4 is 27.5 Å². The summed E-state index contributed by atoms with van der Waals surface area (Å²) in [7, 11) is -2.64. The summed E-state index contributed by atoms with van der Waals surface area (Å²) in [5.41, 5.74) is 2.39. The minimum atomic E-state index is -4.02. The topological polar surface area (TPSA) is 78.9 Å². The number of halogens is 1. The van der Waals surface area contributed by atoms with Crippen molar-refractivity contribution in [3.63, 3.8) is 0 Å². The van der Waals surface area contributed by atoms with Gasteiger partial charge in [-0.25, -0.2) is 8.42 Å². The fourth-order valence-electron chi connectivity index (χ4n) is 4.57. The second-order valence-electron chi connectivity index (χ2n) is 8.72. The van der Waals surface area contributed by atoms with Crippen LogP contribution < -0.4 is 9.46 Å². The molecule has 190 valence electrons. The van der Waals surface area contributed by atoms with Gasteiger partial charge in [-0.3, -0.25) is 9.69 Å². The van der Waals surface area contributed by atoms with E-state index < -0.39 is 16.1 Å². The average molecular weight is 528 g/mol. The standard InChI is InChI=1S/C27H30ClN3O4S/c1-20(29-36(33,34)25-19-23(28)13-14-24(25)35-2)27(32)31-17-15-30(16-18-31)26(21-9-5-3-6-10-21)22-11-7-4-8-12-22/h3-14,19-20,26,29H,15-18H2,1-2H3/t20-/m0/s1. The number of hydrogen-bond acceptors (Lipinski definition) is 5. The van der Waals surface area contributed by atoms with Gasteiger partial charge in [-0.15, -0.1) is 0 Å². The summed E-state index contributed by atoms with van der Waals surface area (Å²) in [4.78, 5) is 17.1. The second kappa shape index (κ2) is 11.4. The first-order chi connectivity index (χ1) is 17.3. The van der Waals surface area contributed by atoms with Crippen LogP contribution in [-0.4, -0.2) is 63.5 Å². The number of nitrogens with one attached hydrogen (secondary N) is 1. The molecule has 1 fully saturated rings. The van der Waals surface area contributed by atoms with Gasteiger partial charge in [-0.1, -0.05) is 72.3 Å². The quantitative estimate of drug-likeness (QED) is 0.480. The summed E-state index contributed by atoms with van der Waals surface area (Å²) in [5, 5.41) is 0.262. The number of benzene rings is 3. The summed E-state index contributed by atoms with van der Waals surface area (Å²) in [6.07, 6.45) is 0. The maximum absolute atomic E-state index is 13.2. The number of carbonyl (C=O) groups is 1. The van der Waals surface area contributed by atoms with Crippen LogP contribution in [0.4, 0.5) is 0 Å². The van der Waals surface area contributed by atoms with E-state index in [9.17, 15) is 13.2 Å². The number of ether oxygens (including phenoxy) is 1. The summed E-state index contributed by atoms with van der Waals surface area (Å²) in [6, 6.07) is 24.1. The van der Waals surface area contributed by atoms with Crippen LogP contribution in [0.1, 0.15) is 24.1 Å². The van der Waals surface area contributed by atoms with Gasteiger partial charge >= 0.3 is 0 Å². The molecule has 1 N–H and O–H groups in total. The van der Waals surface area contributed by atoms with Crippen LogP contribution >= 0.6 is 11.6 Å². The van der Waals surface area contributed by atoms with Gasteiger partial charge in [0.2, 0.25) is 15.9 Å². The number of hydrogen-bond donors (Lipinski definition) is 1. The fraction of sp³-hybridized carbons (Fsp3) is 0.296. The monoisotopic (exact) mass is 527 g/mol. The van der Waals surface area contributed by atoms with Gasteiger partial charge in [0.15, 0.2) is 0 Å². The molecule has 0 saturated carbocycles. The third kappa shape index (κ3) is 5.90. The molecule has 1 atom stereocenters. The SMILES string of the molecule is COc1ccc(Cl)cc1S(=O)(=O)N[C@@H](C)C(=O)N1CCN(C(c2ccccc2)c2ccccc2)CC1. The van der Waals surface area contributed by atoms with Crippen molar-refractivity contribution in [1.29, 1.82) is 0 Å². The maximum Gasteiger partial charge on any atom is 0.245 e. The zero-order chi connectivity index (χ0) is 25.7. The summed E-state index contributed by atoms with van der Waals surface area (Å²) >= 11 is 6.00. The number of methoxy groups -OCH3 is 1. The zero-order valence-electron chi connectivity index (χ0n) is 20.3. The highest BCUT2D eigenvalue weighted by Crippen LogP contribution is 2.30. The molecule has 36 heavy (non-hydrogen) atoms. The normalized spacial score (nSPS) is 15.6. The van der Waals surface area contributed by atoms with E-state index >= 15 is 0 Å². The molecular formula is C27H30ClN3O4S. The molecule has 0 unspecified atom stereocenters. The van der Waals surface area contributed by atoms with Crippen molar-refractivity contribution in [3.05, 3.63) is 95.0 Å². The van der Waals surface area contributed by atoms with Gasteiger partial charge in [0.1, 0.15) is 10.6 Å². The predicted octanol–water partition coefficient (Wildman–Crippen LogP) is 3.95. The molecule has 3 aromatic carbocycles. The molecule has 1 amide bonds. The molecule has 0 bridgehead atoms. The molecule has 0 radical (unpaired) electrons. The molecule has 1 aliphatic heterocycles. The van der Waals surface area contributed by atoms with Crippen LogP contribution in [0.5, 0.6) is 5.75 Å². The van der Waals surface area contributed by atoms with E-state index in [1.807, 2.05) is 36.4 Å². The molecule has 4 rings (SSSR count). The Hall–Kier alpha value is -2.91. The lowest BCUT2D eigenvalue weighted by atomic mass is 9.96. The van der Waals surface area contributed by atoms with E-state index in [4.69, 9.17) is 16.3 Å². The average Bonchev–Trinajstić information content (AvgIpc) is 2.90. The van der Waals surface area contributed by atoms with Crippen molar-refractivity contribution < 1.29 is 17.9 Å². The van der Waals surface area contributed by atoms with Crippen LogP contribution in [0.15, 0.2) is 83.8 Å². The molecule has 1 heterocycles. The van der Waals surface area contributed by atoms with Crippen LogP contribution in [0, 0.1) is 0 Å². The lowest BCUT2D eigenvalue weighted by Crippen LogP contribution is -2.54. The Morgan fingerprint density at radius 1 is 0.917 bits per heavy atom. The van der Waals surface area contributed by atoms with Gasteiger partial charge < -0.3 is 9.64 Å². The van der Waals surface area contributed by atoms with Crippen molar-refractivity contribution in [2.75, 3.05) is 33.3 Å². The minimum Gasteiger partial charge on any atom is -0.495 e. The highest BCUT2D eigenvalue weighted by Gasteiger charge is 2.32. The second-order valence-corrected chi connectivity index (χ2v) is 10.8. The third-order valence-corrected chi connectivity index (χ3v) is 8.14. The number of amides is 1. The largest absolute Gasteiger partial charge is 0.495 e. The molecule has 0 aromatic heterocycles. The van der Waals surface area contributed by atoms with Crippen molar-refractivity contribution in [1.82, 2.24) is 14.5 Å². The van der Waals surface area contributed by atoms with E-state index in [1.165, 1.54) is 30.4 Å². The van der Waals surface area contributed by atoms with Crippen molar-refractivity contribution in [2.45, 2.75) is 23.9 Å². The zero-order valence-corrected chi connectivity index (χ0v) is 21.9. The van der Waals surface area contributed by atoms with Gasteiger partial charge in [0.05, 0.1) is 19.2 Å². The number of piperazine rings is 1. The Kier molecular flexibility index (Phi) is 8.31. The number of rotatable bonds is 8.